The molecule has 5 heteroatoms. The summed E-state index contributed by atoms with van der Waals surface area (Å²) >= 11 is 0. The minimum absolute atomic E-state index is 0.000443. The van der Waals surface area contributed by atoms with E-state index >= 15 is 0 Å². The number of aromatic hydroxyl groups is 1. The predicted octanol–water partition coefficient (Wildman–Crippen LogP) is 0.649. The fourth-order valence-electron chi connectivity index (χ4n) is 4.64. The van der Waals surface area contributed by atoms with Crippen LogP contribution in [0.3, 0.4) is 0 Å². The number of carbonyl (C=O) groups excluding carboxylic acids is 1. The highest BCUT2D eigenvalue weighted by molar-refractivity contribution is 5.89. The van der Waals surface area contributed by atoms with Crippen molar-refractivity contribution in [2.75, 3.05) is 7.05 Å². The molecule has 2 aliphatic carbocycles. The van der Waals surface area contributed by atoms with Gasteiger partial charge in [-0.25, -0.2) is 0 Å². The third-order valence-electron chi connectivity index (χ3n) is 5.80. The van der Waals surface area contributed by atoms with Gasteiger partial charge in [-0.2, -0.15) is 0 Å². The van der Waals surface area contributed by atoms with E-state index < -0.39 is 17.1 Å². The summed E-state index contributed by atoms with van der Waals surface area (Å²) in [6.07, 6.45) is 0.672. The summed E-state index contributed by atoms with van der Waals surface area (Å²) in [6.45, 7) is 1.90. The summed E-state index contributed by atoms with van der Waals surface area (Å²) < 4.78 is 5.82. The molecule has 112 valence electrons. The third kappa shape index (κ3) is 1.27. The number of phenolic OH excluding ortho intramolecular Hbond substituents is 1. The number of carbonyl (C=O) groups is 1. The number of benzene rings is 1. The smallest absolute Gasteiger partial charge is 0.174 e. The van der Waals surface area contributed by atoms with Crippen molar-refractivity contribution < 1.29 is 19.7 Å². The Morgan fingerprint density at radius 2 is 2.19 bits per heavy atom. The van der Waals surface area contributed by atoms with Gasteiger partial charge in [-0.05, 0) is 38.4 Å². The molecule has 21 heavy (non-hydrogen) atoms. The fourth-order valence-corrected chi connectivity index (χ4v) is 4.64. The molecule has 0 amide bonds. The number of hydrogen-bond acceptors (Lipinski definition) is 5. The summed E-state index contributed by atoms with van der Waals surface area (Å²) in [6, 6.07) is 3.34. The first-order valence-electron chi connectivity index (χ1n) is 7.38. The SMILES string of the molecule is CNC1Cc2ccc(O)c3c2C2(C)[C@@H](O3)C(=O)CC[C@@]12O. The van der Waals surface area contributed by atoms with Crippen molar-refractivity contribution in [1.29, 1.82) is 0 Å². The van der Waals surface area contributed by atoms with E-state index in [0.717, 1.165) is 11.1 Å². The zero-order valence-electron chi connectivity index (χ0n) is 12.1. The quantitative estimate of drug-likeness (QED) is 0.707. The van der Waals surface area contributed by atoms with Gasteiger partial charge in [-0.1, -0.05) is 6.07 Å². The van der Waals surface area contributed by atoms with Crippen LogP contribution in [-0.4, -0.2) is 40.8 Å². The van der Waals surface area contributed by atoms with Gasteiger partial charge in [0.1, 0.15) is 0 Å². The number of aliphatic hydroxyl groups is 1. The van der Waals surface area contributed by atoms with Gasteiger partial charge in [-0.15, -0.1) is 0 Å². The molecule has 0 spiro atoms. The summed E-state index contributed by atoms with van der Waals surface area (Å²) in [5.74, 6) is 0.422. The van der Waals surface area contributed by atoms with Crippen LogP contribution in [0.15, 0.2) is 12.1 Å². The molecule has 1 aromatic rings. The summed E-state index contributed by atoms with van der Waals surface area (Å²) in [7, 11) is 1.83. The number of ether oxygens (including phenoxy) is 1. The van der Waals surface area contributed by atoms with Crippen molar-refractivity contribution in [3.8, 4) is 11.5 Å². The van der Waals surface area contributed by atoms with Gasteiger partial charge < -0.3 is 20.3 Å². The largest absolute Gasteiger partial charge is 0.504 e. The first kappa shape index (κ1) is 13.1. The molecule has 0 aromatic heterocycles. The number of phenols is 1. The Bertz CT molecular complexity index is 658. The lowest BCUT2D eigenvalue weighted by molar-refractivity contribution is -0.154. The second-order valence-corrected chi connectivity index (χ2v) is 6.58. The average Bonchev–Trinajstić information content (AvgIpc) is 2.79. The Morgan fingerprint density at radius 1 is 1.43 bits per heavy atom. The highest BCUT2D eigenvalue weighted by atomic mass is 16.5. The molecule has 1 aromatic carbocycles. The van der Waals surface area contributed by atoms with Gasteiger partial charge in [0.2, 0.25) is 0 Å². The lowest BCUT2D eigenvalue weighted by atomic mass is 9.53. The zero-order chi connectivity index (χ0) is 15.0. The highest BCUT2D eigenvalue weighted by Crippen LogP contribution is 2.60. The van der Waals surface area contributed by atoms with Crippen LogP contribution in [0, 0.1) is 0 Å². The summed E-state index contributed by atoms with van der Waals surface area (Å²) in [5, 5.41) is 24.7. The van der Waals surface area contributed by atoms with E-state index in [4.69, 9.17) is 4.74 Å². The molecule has 1 aliphatic heterocycles. The standard InChI is InChI=1S/C16H19NO4/c1-15-12-8-3-4-9(18)13(12)21-14(15)10(19)5-6-16(15,20)11(7-8)17-2/h3-4,11,14,17-18,20H,5-7H2,1-2H3/t11?,14-,15?,16+/m0/s1. The van der Waals surface area contributed by atoms with Gasteiger partial charge in [0.05, 0.1) is 11.0 Å². The van der Waals surface area contributed by atoms with Crippen LogP contribution >= 0.6 is 0 Å². The number of likely N-dealkylation sites (N-methyl/N-ethyl adjacent to an activating group) is 1. The van der Waals surface area contributed by atoms with Crippen LogP contribution in [0.5, 0.6) is 11.5 Å². The van der Waals surface area contributed by atoms with E-state index in [2.05, 4.69) is 5.32 Å². The minimum atomic E-state index is -1.05. The molecule has 5 nitrogen and oxygen atoms in total. The number of Topliss-reactive ketones (excluding diaryl/α,β-unsaturated/α-hetero) is 1. The van der Waals surface area contributed by atoms with Crippen molar-refractivity contribution in [2.24, 2.45) is 0 Å². The lowest BCUT2D eigenvalue weighted by Crippen LogP contribution is -2.71. The Morgan fingerprint density at radius 3 is 2.90 bits per heavy atom. The number of hydrogen-bond donors (Lipinski definition) is 3. The normalized spacial score (nSPS) is 39.9. The second kappa shape index (κ2) is 3.78. The first-order chi connectivity index (χ1) is 9.93. The monoisotopic (exact) mass is 289 g/mol. The van der Waals surface area contributed by atoms with E-state index in [1.165, 1.54) is 0 Å². The van der Waals surface area contributed by atoms with Gasteiger partial charge >= 0.3 is 0 Å². The molecule has 1 saturated carbocycles. The number of nitrogens with one attached hydrogen (secondary N) is 1. The third-order valence-corrected chi connectivity index (χ3v) is 5.80. The molecule has 1 heterocycles. The van der Waals surface area contributed by atoms with E-state index in [1.807, 2.05) is 20.0 Å². The zero-order valence-corrected chi connectivity index (χ0v) is 12.1. The van der Waals surface area contributed by atoms with E-state index in [0.29, 0.717) is 25.0 Å². The molecule has 1 fully saturated rings. The topological polar surface area (TPSA) is 78.8 Å². The maximum absolute atomic E-state index is 12.3. The second-order valence-electron chi connectivity index (χ2n) is 6.58. The highest BCUT2D eigenvalue weighted by Gasteiger charge is 2.68. The lowest BCUT2D eigenvalue weighted by Gasteiger charge is -2.54. The molecule has 2 unspecified atom stereocenters. The number of ketones is 1. The summed E-state index contributed by atoms with van der Waals surface area (Å²) in [5.41, 5.74) is -0.00889. The van der Waals surface area contributed by atoms with E-state index in [1.54, 1.807) is 6.07 Å². The molecular weight excluding hydrogens is 270 g/mol. The van der Waals surface area contributed by atoms with Gasteiger partial charge in [0, 0.05) is 18.0 Å². The molecule has 3 N–H and O–H groups in total. The van der Waals surface area contributed by atoms with Crippen molar-refractivity contribution >= 4 is 5.78 Å². The maximum atomic E-state index is 12.3. The van der Waals surface area contributed by atoms with Gasteiger partial charge in [0.15, 0.2) is 23.4 Å². The van der Waals surface area contributed by atoms with Crippen LogP contribution in [0.1, 0.15) is 30.9 Å². The number of rotatable bonds is 1. The van der Waals surface area contributed by atoms with Crippen LogP contribution < -0.4 is 10.1 Å². The Balaban J connectivity index is 2.05. The Hall–Kier alpha value is -1.59. The predicted molar refractivity (Wildman–Crippen MR) is 75.6 cm³/mol. The Kier molecular flexibility index (Phi) is 2.36. The molecule has 0 saturated heterocycles. The molecule has 3 aliphatic rings. The molecular formula is C16H19NO4. The molecule has 0 radical (unpaired) electrons. The maximum Gasteiger partial charge on any atom is 0.174 e. The molecule has 0 bridgehead atoms. The van der Waals surface area contributed by atoms with Gasteiger partial charge in [-0.3, -0.25) is 4.79 Å². The molecule has 4 atom stereocenters. The summed E-state index contributed by atoms with van der Waals surface area (Å²) in [4.78, 5) is 12.3. The van der Waals surface area contributed by atoms with Crippen LogP contribution in [0.2, 0.25) is 0 Å². The van der Waals surface area contributed by atoms with Crippen molar-refractivity contribution in [1.82, 2.24) is 5.32 Å². The first-order valence-corrected chi connectivity index (χ1v) is 7.38. The van der Waals surface area contributed by atoms with Crippen molar-refractivity contribution in [2.45, 2.75) is 49.3 Å². The van der Waals surface area contributed by atoms with E-state index in [-0.39, 0.29) is 17.6 Å². The minimum Gasteiger partial charge on any atom is -0.504 e. The van der Waals surface area contributed by atoms with Crippen LogP contribution in [0.4, 0.5) is 0 Å². The fraction of sp³-hybridized carbons (Fsp3) is 0.562. The van der Waals surface area contributed by atoms with Crippen LogP contribution in [-0.2, 0) is 16.6 Å². The van der Waals surface area contributed by atoms with Gasteiger partial charge in [0.25, 0.3) is 0 Å². The molecule has 4 rings (SSSR count). The van der Waals surface area contributed by atoms with Crippen molar-refractivity contribution in [3.05, 3.63) is 23.3 Å². The van der Waals surface area contributed by atoms with Crippen molar-refractivity contribution in [3.63, 3.8) is 0 Å². The van der Waals surface area contributed by atoms with Crippen LogP contribution in [0.25, 0.3) is 0 Å². The average molecular weight is 289 g/mol. The van der Waals surface area contributed by atoms with E-state index in [9.17, 15) is 15.0 Å². The Labute approximate surface area is 122 Å².